The fraction of sp³-hybridized carbons (Fsp3) is 0.632. The Labute approximate surface area is 144 Å². The number of hydrogen-bond acceptors (Lipinski definition) is 4. The Hall–Kier alpha value is -1.59. The molecule has 1 N–H and O–H groups in total. The lowest BCUT2D eigenvalue weighted by atomic mass is 9.93. The number of furan rings is 1. The van der Waals surface area contributed by atoms with E-state index in [0.717, 1.165) is 36.8 Å². The highest BCUT2D eigenvalue weighted by atomic mass is 16.5. The monoisotopic (exact) mass is 331 g/mol. The van der Waals surface area contributed by atoms with Crippen molar-refractivity contribution in [1.29, 1.82) is 0 Å². The van der Waals surface area contributed by atoms with Crippen LogP contribution in [0.1, 0.15) is 59.5 Å². The van der Waals surface area contributed by atoms with E-state index in [1.54, 1.807) is 0 Å². The first kappa shape index (κ1) is 17.2. The van der Waals surface area contributed by atoms with Crippen molar-refractivity contribution in [3.05, 3.63) is 40.1 Å². The van der Waals surface area contributed by atoms with Crippen LogP contribution in [0.25, 0.3) is 0 Å². The third-order valence-corrected chi connectivity index (χ3v) is 5.30. The van der Waals surface area contributed by atoms with E-state index in [9.17, 15) is 0 Å². The SMILES string of the molecule is Cc1cc(C(C)NC[C@H]2CCO[C@@H]2c2c(C)nn(C)c2C)c(C)o1. The molecule has 5 nitrogen and oxygen atoms in total. The number of ether oxygens (including phenoxy) is 1. The number of nitrogens with one attached hydrogen (secondary N) is 1. The third kappa shape index (κ3) is 3.15. The van der Waals surface area contributed by atoms with Gasteiger partial charge in [0.15, 0.2) is 0 Å². The number of nitrogens with zero attached hydrogens (tertiary/aromatic N) is 2. The van der Waals surface area contributed by atoms with Gasteiger partial charge >= 0.3 is 0 Å². The molecule has 1 fully saturated rings. The van der Waals surface area contributed by atoms with E-state index in [1.165, 1.54) is 16.8 Å². The van der Waals surface area contributed by atoms with Gasteiger partial charge in [0.2, 0.25) is 0 Å². The Bertz CT molecular complexity index is 717. The molecule has 2 aromatic heterocycles. The highest BCUT2D eigenvalue weighted by molar-refractivity contribution is 5.28. The summed E-state index contributed by atoms with van der Waals surface area (Å²) in [6.45, 7) is 12.2. The normalized spacial score (nSPS) is 22.2. The maximum atomic E-state index is 6.08. The summed E-state index contributed by atoms with van der Waals surface area (Å²) in [5.41, 5.74) is 4.81. The average Bonchev–Trinajstić information content (AvgIpc) is 3.16. The molecule has 0 aromatic carbocycles. The second-order valence-corrected chi connectivity index (χ2v) is 7.05. The molecule has 0 radical (unpaired) electrons. The van der Waals surface area contributed by atoms with Crippen LogP contribution in [0.15, 0.2) is 10.5 Å². The summed E-state index contributed by atoms with van der Waals surface area (Å²) in [7, 11) is 2.00. The van der Waals surface area contributed by atoms with Gasteiger partial charge in [-0.15, -0.1) is 0 Å². The lowest BCUT2D eigenvalue weighted by Crippen LogP contribution is -2.28. The topological polar surface area (TPSA) is 52.2 Å². The number of rotatable bonds is 5. The van der Waals surface area contributed by atoms with Gasteiger partial charge in [-0.1, -0.05) is 0 Å². The molecule has 24 heavy (non-hydrogen) atoms. The van der Waals surface area contributed by atoms with Crippen molar-refractivity contribution in [3.8, 4) is 0 Å². The molecule has 5 heteroatoms. The molecule has 3 atom stereocenters. The standard InChI is InChI=1S/C19H29N3O2/c1-11-9-17(15(5)24-11)12(2)20-10-16-7-8-23-19(16)18-13(3)21-22(6)14(18)4/h9,12,16,19-20H,7-8,10H2,1-6H3/t12?,16-,19+/m1/s1. The van der Waals surface area contributed by atoms with Crippen LogP contribution in [0.5, 0.6) is 0 Å². The van der Waals surface area contributed by atoms with Crippen molar-refractivity contribution in [3.63, 3.8) is 0 Å². The molecule has 3 rings (SSSR count). The minimum atomic E-state index is 0.144. The fourth-order valence-electron chi connectivity index (χ4n) is 3.88. The number of aromatic nitrogens is 2. The summed E-state index contributed by atoms with van der Waals surface area (Å²) in [5.74, 6) is 2.45. The molecule has 0 bridgehead atoms. The lowest BCUT2D eigenvalue weighted by Gasteiger charge is -2.22. The highest BCUT2D eigenvalue weighted by Gasteiger charge is 2.33. The number of hydrogen-bond donors (Lipinski definition) is 1. The van der Waals surface area contributed by atoms with E-state index >= 15 is 0 Å². The van der Waals surface area contributed by atoms with Crippen LogP contribution in [0.2, 0.25) is 0 Å². The van der Waals surface area contributed by atoms with Crippen molar-refractivity contribution >= 4 is 0 Å². The van der Waals surface area contributed by atoms with Crippen LogP contribution >= 0.6 is 0 Å². The van der Waals surface area contributed by atoms with E-state index < -0.39 is 0 Å². The Balaban J connectivity index is 1.69. The first-order valence-corrected chi connectivity index (χ1v) is 8.80. The predicted molar refractivity (Wildman–Crippen MR) is 94.1 cm³/mol. The van der Waals surface area contributed by atoms with E-state index in [2.05, 4.69) is 37.3 Å². The minimum Gasteiger partial charge on any atom is -0.466 e. The van der Waals surface area contributed by atoms with Gasteiger partial charge in [-0.25, -0.2) is 0 Å². The summed E-state index contributed by atoms with van der Waals surface area (Å²) < 4.78 is 13.7. The van der Waals surface area contributed by atoms with Crippen LogP contribution in [0.3, 0.4) is 0 Å². The summed E-state index contributed by atoms with van der Waals surface area (Å²) >= 11 is 0. The molecular formula is C19H29N3O2. The molecule has 3 heterocycles. The quantitative estimate of drug-likeness (QED) is 0.908. The smallest absolute Gasteiger partial charge is 0.105 e. The molecule has 1 unspecified atom stereocenters. The molecule has 132 valence electrons. The number of aryl methyl sites for hydroxylation is 4. The molecule has 0 saturated carbocycles. The van der Waals surface area contributed by atoms with E-state index in [1.807, 2.05) is 25.6 Å². The summed E-state index contributed by atoms with van der Waals surface area (Å²) in [6.07, 6.45) is 1.23. The van der Waals surface area contributed by atoms with Crippen LogP contribution in [0.4, 0.5) is 0 Å². The van der Waals surface area contributed by atoms with Gasteiger partial charge in [0.25, 0.3) is 0 Å². The zero-order valence-corrected chi connectivity index (χ0v) is 15.6. The van der Waals surface area contributed by atoms with Gasteiger partial charge in [0, 0.05) is 49.0 Å². The maximum absolute atomic E-state index is 6.08. The second kappa shape index (κ2) is 6.73. The van der Waals surface area contributed by atoms with Crippen LogP contribution in [0, 0.1) is 33.6 Å². The molecule has 1 saturated heterocycles. The van der Waals surface area contributed by atoms with E-state index in [-0.39, 0.29) is 12.1 Å². The molecule has 1 aliphatic rings. The zero-order chi connectivity index (χ0) is 17.4. The van der Waals surface area contributed by atoms with Gasteiger partial charge in [-0.05, 0) is 47.1 Å². The van der Waals surface area contributed by atoms with Crippen molar-refractivity contribution in [1.82, 2.24) is 15.1 Å². The second-order valence-electron chi connectivity index (χ2n) is 7.05. The zero-order valence-electron chi connectivity index (χ0n) is 15.6. The average molecular weight is 331 g/mol. The van der Waals surface area contributed by atoms with E-state index in [0.29, 0.717) is 5.92 Å². The maximum Gasteiger partial charge on any atom is 0.105 e. The lowest BCUT2D eigenvalue weighted by molar-refractivity contribution is 0.0888. The molecule has 0 aliphatic carbocycles. The molecule has 0 amide bonds. The Morgan fingerprint density at radius 3 is 2.67 bits per heavy atom. The summed E-state index contributed by atoms with van der Waals surface area (Å²) in [4.78, 5) is 0. The van der Waals surface area contributed by atoms with Gasteiger partial charge < -0.3 is 14.5 Å². The Morgan fingerprint density at radius 1 is 1.33 bits per heavy atom. The van der Waals surface area contributed by atoms with Gasteiger partial charge in [0.05, 0.1) is 11.8 Å². The van der Waals surface area contributed by atoms with Gasteiger partial charge in [-0.3, -0.25) is 4.68 Å². The molecule has 0 spiro atoms. The molecule has 2 aromatic rings. The molecule has 1 aliphatic heterocycles. The van der Waals surface area contributed by atoms with Crippen LogP contribution < -0.4 is 5.32 Å². The van der Waals surface area contributed by atoms with Gasteiger partial charge in [0.1, 0.15) is 11.5 Å². The van der Waals surface area contributed by atoms with E-state index in [4.69, 9.17) is 9.15 Å². The summed E-state index contributed by atoms with van der Waals surface area (Å²) in [6, 6.07) is 2.41. The van der Waals surface area contributed by atoms with Crippen molar-refractivity contribution < 1.29 is 9.15 Å². The van der Waals surface area contributed by atoms with Crippen molar-refractivity contribution in [2.24, 2.45) is 13.0 Å². The van der Waals surface area contributed by atoms with Crippen molar-refractivity contribution in [2.75, 3.05) is 13.2 Å². The Kier molecular flexibility index (Phi) is 4.83. The van der Waals surface area contributed by atoms with Gasteiger partial charge in [-0.2, -0.15) is 5.10 Å². The fourth-order valence-corrected chi connectivity index (χ4v) is 3.88. The first-order valence-electron chi connectivity index (χ1n) is 8.80. The third-order valence-electron chi connectivity index (χ3n) is 5.30. The van der Waals surface area contributed by atoms with Crippen molar-refractivity contribution in [2.45, 2.75) is 53.2 Å². The van der Waals surface area contributed by atoms with Crippen LogP contribution in [-0.4, -0.2) is 22.9 Å². The predicted octanol–water partition coefficient (Wildman–Crippen LogP) is 3.68. The Morgan fingerprint density at radius 2 is 2.08 bits per heavy atom. The first-order chi connectivity index (χ1) is 11.4. The summed E-state index contributed by atoms with van der Waals surface area (Å²) in [5, 5.41) is 8.22. The minimum absolute atomic E-state index is 0.144. The van der Waals surface area contributed by atoms with Crippen LogP contribution in [-0.2, 0) is 11.8 Å². The largest absolute Gasteiger partial charge is 0.466 e. The highest BCUT2D eigenvalue weighted by Crippen LogP contribution is 2.37. The molecular weight excluding hydrogens is 302 g/mol.